The third kappa shape index (κ3) is 3.26. The number of carbonyl (C=O) groups is 1. The van der Waals surface area contributed by atoms with Crippen LogP contribution in [-0.2, 0) is 4.79 Å². The molecule has 2 aromatic carbocycles. The summed E-state index contributed by atoms with van der Waals surface area (Å²) in [5.74, 6) is -0.175. The van der Waals surface area contributed by atoms with Crippen LogP contribution in [0.25, 0.3) is 0 Å². The highest BCUT2D eigenvalue weighted by molar-refractivity contribution is 5.87. The van der Waals surface area contributed by atoms with E-state index in [1.807, 2.05) is 30.3 Å². The maximum atomic E-state index is 13.2. The van der Waals surface area contributed by atoms with Gasteiger partial charge in [0.1, 0.15) is 5.78 Å². The monoisotopic (exact) mass is 366 g/mol. The number of Topliss-reactive ketones (excluding diaryl/α,β-unsaturated/α-hetero) is 1. The predicted molar refractivity (Wildman–Crippen MR) is 106 cm³/mol. The Labute approximate surface area is 158 Å². The Morgan fingerprint density at radius 2 is 1.70 bits per heavy atom. The molecular formula is C21H24N3O3-. The van der Waals surface area contributed by atoms with E-state index in [0.29, 0.717) is 12.0 Å². The van der Waals surface area contributed by atoms with Gasteiger partial charge in [-0.2, -0.15) is 0 Å². The van der Waals surface area contributed by atoms with E-state index in [-0.39, 0.29) is 34.1 Å². The van der Waals surface area contributed by atoms with E-state index < -0.39 is 6.04 Å². The lowest BCUT2D eigenvalue weighted by Crippen LogP contribution is -2.47. The first-order valence-corrected chi connectivity index (χ1v) is 9.26. The molecular weight excluding hydrogens is 342 g/mol. The number of anilines is 3. The van der Waals surface area contributed by atoms with Crippen molar-refractivity contribution in [2.24, 2.45) is 11.3 Å². The first kappa shape index (κ1) is 17.8. The summed E-state index contributed by atoms with van der Waals surface area (Å²) in [6.07, 6.45) is 1.34. The van der Waals surface area contributed by atoms with Gasteiger partial charge >= 0.3 is 0 Å². The van der Waals surface area contributed by atoms with Gasteiger partial charge in [0.05, 0.1) is 29.0 Å². The Morgan fingerprint density at radius 1 is 1.07 bits per heavy atom. The van der Waals surface area contributed by atoms with E-state index in [2.05, 4.69) is 24.5 Å². The van der Waals surface area contributed by atoms with E-state index in [4.69, 9.17) is 0 Å². The highest BCUT2D eigenvalue weighted by Crippen LogP contribution is 2.47. The molecule has 0 radical (unpaired) electrons. The summed E-state index contributed by atoms with van der Waals surface area (Å²) >= 11 is 0. The molecule has 3 unspecified atom stereocenters. The number of hydrogen-bond acceptors (Lipinski definition) is 6. The second-order valence-corrected chi connectivity index (χ2v) is 8.29. The van der Waals surface area contributed by atoms with Gasteiger partial charge in [-0.15, -0.1) is 0 Å². The van der Waals surface area contributed by atoms with Crippen molar-refractivity contribution < 1.29 is 10.0 Å². The molecule has 0 spiro atoms. The summed E-state index contributed by atoms with van der Waals surface area (Å²) in [6.45, 7) is 4.23. The largest absolute Gasteiger partial charge is 0.733 e. The smallest absolute Gasteiger partial charge is 0.140 e. The molecule has 1 aliphatic carbocycles. The molecule has 1 saturated carbocycles. The number of para-hydroxylation sites is 3. The molecule has 0 bridgehead atoms. The molecule has 2 aromatic rings. The summed E-state index contributed by atoms with van der Waals surface area (Å²) in [4.78, 5) is 13.2. The molecule has 3 atom stereocenters. The van der Waals surface area contributed by atoms with Gasteiger partial charge in [-0.3, -0.25) is 10.0 Å². The minimum atomic E-state index is -0.408. The number of nitrogens with one attached hydrogen (secondary N) is 2. The molecule has 1 fully saturated rings. The van der Waals surface area contributed by atoms with Gasteiger partial charge in [-0.1, -0.05) is 44.2 Å². The first-order chi connectivity index (χ1) is 12.9. The van der Waals surface area contributed by atoms with Gasteiger partial charge in [0.2, 0.25) is 0 Å². The van der Waals surface area contributed by atoms with Crippen LogP contribution in [-0.4, -0.2) is 17.0 Å². The average molecular weight is 366 g/mol. The molecule has 27 heavy (non-hydrogen) atoms. The molecule has 4 rings (SSSR count). The second-order valence-electron chi connectivity index (χ2n) is 8.29. The Morgan fingerprint density at radius 3 is 2.41 bits per heavy atom. The van der Waals surface area contributed by atoms with Gasteiger partial charge in [-0.05, 0) is 35.6 Å². The molecule has 3 N–H and O–H groups in total. The SMILES string of the molecule is CC1(C)CC(=O)C2C(C1)Nc1ccccc1NC2c1ccccc1N([O-])O. The highest BCUT2D eigenvalue weighted by atomic mass is 16.8. The number of carbonyl (C=O) groups excluding carboxylic acids is 1. The standard InChI is InChI=1S/C21H24N3O3/c1-21(2)11-16-19(18(25)12-21)20(13-7-3-6-10-17(13)24(26)27)23-15-9-5-4-8-14(15)22-16/h3-10,16,19-20,22-23,26H,11-12H2,1-2H3/q-1. The van der Waals surface area contributed by atoms with Crippen LogP contribution < -0.4 is 15.9 Å². The minimum Gasteiger partial charge on any atom is -0.733 e. The van der Waals surface area contributed by atoms with E-state index in [0.717, 1.165) is 17.8 Å². The molecule has 2 aliphatic rings. The zero-order chi connectivity index (χ0) is 19.2. The maximum Gasteiger partial charge on any atom is 0.140 e. The van der Waals surface area contributed by atoms with Crippen LogP contribution >= 0.6 is 0 Å². The topological polar surface area (TPSA) is 87.7 Å². The molecule has 0 amide bonds. The first-order valence-electron chi connectivity index (χ1n) is 9.26. The number of ketones is 1. The fourth-order valence-corrected chi connectivity index (χ4v) is 4.56. The van der Waals surface area contributed by atoms with Crippen molar-refractivity contribution in [1.29, 1.82) is 0 Å². The van der Waals surface area contributed by atoms with Crippen molar-refractivity contribution in [1.82, 2.24) is 0 Å². The van der Waals surface area contributed by atoms with Gasteiger partial charge in [-0.25, -0.2) is 0 Å². The molecule has 1 aliphatic heterocycles. The van der Waals surface area contributed by atoms with Gasteiger partial charge in [0, 0.05) is 12.5 Å². The van der Waals surface area contributed by atoms with Crippen LogP contribution in [0.2, 0.25) is 0 Å². The summed E-state index contributed by atoms with van der Waals surface area (Å²) in [7, 11) is 0. The fourth-order valence-electron chi connectivity index (χ4n) is 4.56. The zero-order valence-corrected chi connectivity index (χ0v) is 15.5. The number of benzene rings is 2. The Kier molecular flexibility index (Phi) is 4.32. The lowest BCUT2D eigenvalue weighted by atomic mass is 9.66. The van der Waals surface area contributed by atoms with Crippen molar-refractivity contribution in [3.05, 3.63) is 59.3 Å². The third-order valence-corrected chi connectivity index (χ3v) is 5.65. The van der Waals surface area contributed by atoms with Crippen molar-refractivity contribution >= 4 is 22.8 Å². The van der Waals surface area contributed by atoms with Crippen LogP contribution in [0.15, 0.2) is 48.5 Å². The van der Waals surface area contributed by atoms with Gasteiger partial charge < -0.3 is 21.1 Å². The number of fused-ring (bicyclic) bond motifs is 2. The molecule has 6 heteroatoms. The summed E-state index contributed by atoms with van der Waals surface area (Å²) in [5.41, 5.74) is 2.52. The van der Waals surface area contributed by atoms with Crippen molar-refractivity contribution in [3.8, 4) is 0 Å². The minimum absolute atomic E-state index is 0.0609. The average Bonchev–Trinajstić information content (AvgIpc) is 2.76. The summed E-state index contributed by atoms with van der Waals surface area (Å²) in [5, 5.41) is 28.2. The molecule has 6 nitrogen and oxygen atoms in total. The Hall–Kier alpha value is -2.57. The van der Waals surface area contributed by atoms with Crippen LogP contribution in [0.4, 0.5) is 17.1 Å². The highest BCUT2D eigenvalue weighted by Gasteiger charge is 2.46. The zero-order valence-electron chi connectivity index (χ0n) is 15.5. The van der Waals surface area contributed by atoms with Crippen LogP contribution in [0, 0.1) is 16.5 Å². The summed E-state index contributed by atoms with van der Waals surface area (Å²) < 4.78 is 0. The van der Waals surface area contributed by atoms with Crippen LogP contribution in [0.1, 0.15) is 38.3 Å². The third-order valence-electron chi connectivity index (χ3n) is 5.65. The Balaban J connectivity index is 1.85. The van der Waals surface area contributed by atoms with E-state index in [1.165, 1.54) is 0 Å². The molecule has 0 saturated heterocycles. The second kappa shape index (κ2) is 6.55. The van der Waals surface area contributed by atoms with Crippen LogP contribution in [0.5, 0.6) is 0 Å². The van der Waals surface area contributed by atoms with Crippen molar-refractivity contribution in [3.63, 3.8) is 0 Å². The quantitative estimate of drug-likeness (QED) is 0.686. The van der Waals surface area contributed by atoms with E-state index in [1.54, 1.807) is 18.2 Å². The number of hydrogen-bond donors (Lipinski definition) is 3. The maximum absolute atomic E-state index is 13.2. The van der Waals surface area contributed by atoms with Crippen molar-refractivity contribution in [2.75, 3.05) is 15.9 Å². The molecule has 0 aromatic heterocycles. The molecule has 1 heterocycles. The van der Waals surface area contributed by atoms with Crippen molar-refractivity contribution in [2.45, 2.75) is 38.8 Å². The molecule has 142 valence electrons. The lowest BCUT2D eigenvalue weighted by Gasteiger charge is -2.42. The fraction of sp³-hybridized carbons (Fsp3) is 0.381. The normalized spacial score (nSPS) is 26.1. The van der Waals surface area contributed by atoms with E-state index in [9.17, 15) is 15.2 Å². The number of rotatable bonds is 2. The predicted octanol–water partition coefficient (Wildman–Crippen LogP) is 4.33. The van der Waals surface area contributed by atoms with Gasteiger partial charge in [0.15, 0.2) is 0 Å². The lowest BCUT2D eigenvalue weighted by molar-refractivity contribution is -0.128. The summed E-state index contributed by atoms with van der Waals surface area (Å²) in [6, 6.07) is 14.3. The van der Waals surface area contributed by atoms with Crippen LogP contribution in [0.3, 0.4) is 0 Å². The van der Waals surface area contributed by atoms with E-state index >= 15 is 0 Å². The number of nitrogens with zero attached hydrogens (tertiary/aromatic N) is 1. The van der Waals surface area contributed by atoms with Gasteiger partial charge in [0.25, 0.3) is 0 Å². The Bertz CT molecular complexity index is 865.